The molecule has 28 heavy (non-hydrogen) atoms. The smallest absolute Gasteiger partial charge is 0.356 e. The van der Waals surface area contributed by atoms with E-state index in [2.05, 4.69) is 5.32 Å². The fourth-order valence-electron chi connectivity index (χ4n) is 2.86. The first kappa shape index (κ1) is 19.2. The van der Waals surface area contributed by atoms with Gasteiger partial charge in [-0.15, -0.1) is 0 Å². The molecule has 0 bridgehead atoms. The van der Waals surface area contributed by atoms with Crippen LogP contribution in [0.15, 0.2) is 66.9 Å². The molecule has 0 saturated carbocycles. The maximum Gasteiger partial charge on any atom is 0.356 e. The number of nitrogens with one attached hydrogen (secondary N) is 1. The third-order valence-electron chi connectivity index (χ3n) is 4.33. The van der Waals surface area contributed by atoms with Gasteiger partial charge in [-0.1, -0.05) is 36.4 Å². The van der Waals surface area contributed by atoms with Gasteiger partial charge in [-0.2, -0.15) is 0 Å². The molecule has 0 unspecified atom stereocenters. The first-order valence-electron chi connectivity index (χ1n) is 8.82. The number of anilines is 1. The van der Waals surface area contributed by atoms with E-state index in [1.165, 1.54) is 7.11 Å². The van der Waals surface area contributed by atoms with Gasteiger partial charge >= 0.3 is 5.97 Å². The number of nitrogens with zero attached hydrogens (tertiary/aromatic N) is 1. The van der Waals surface area contributed by atoms with Gasteiger partial charge in [0.1, 0.15) is 11.4 Å². The van der Waals surface area contributed by atoms with Crippen LogP contribution in [0.1, 0.15) is 27.7 Å². The van der Waals surface area contributed by atoms with Crippen LogP contribution in [0.4, 0.5) is 5.69 Å². The predicted molar refractivity (Wildman–Crippen MR) is 106 cm³/mol. The number of ether oxygens (including phenoxy) is 2. The molecule has 3 rings (SSSR count). The van der Waals surface area contributed by atoms with Crippen molar-refractivity contribution in [1.82, 2.24) is 4.57 Å². The number of hydrogen-bond acceptors (Lipinski definition) is 4. The Bertz CT molecular complexity index is 979. The number of aryl methyl sites for hydroxylation is 2. The molecule has 6 nitrogen and oxygen atoms in total. The van der Waals surface area contributed by atoms with Crippen LogP contribution in [0, 0.1) is 6.92 Å². The number of carbonyl (C=O) groups is 2. The molecule has 0 saturated heterocycles. The Hall–Kier alpha value is -3.54. The zero-order valence-corrected chi connectivity index (χ0v) is 16.0. The van der Waals surface area contributed by atoms with E-state index in [0.717, 1.165) is 5.56 Å². The van der Waals surface area contributed by atoms with Gasteiger partial charge in [0.2, 0.25) is 6.10 Å². The van der Waals surface area contributed by atoms with Crippen molar-refractivity contribution in [3.8, 4) is 5.75 Å². The highest BCUT2D eigenvalue weighted by Gasteiger charge is 2.27. The number of hydrogen-bond donors (Lipinski definition) is 1. The average molecular weight is 378 g/mol. The number of benzene rings is 2. The normalized spacial score (nSPS) is 11.5. The molecule has 6 heteroatoms. The molecule has 1 aromatic heterocycles. The number of carbonyl (C=O) groups excluding carboxylic acids is 2. The van der Waals surface area contributed by atoms with Crippen LogP contribution in [0.5, 0.6) is 5.75 Å². The Balaban J connectivity index is 1.89. The zero-order valence-electron chi connectivity index (χ0n) is 16.0. The molecule has 0 spiro atoms. The number of esters is 1. The third kappa shape index (κ3) is 4.23. The van der Waals surface area contributed by atoms with Crippen LogP contribution in [-0.4, -0.2) is 23.6 Å². The highest BCUT2D eigenvalue weighted by Crippen LogP contribution is 2.28. The van der Waals surface area contributed by atoms with Gasteiger partial charge in [0, 0.05) is 18.8 Å². The van der Waals surface area contributed by atoms with Gasteiger partial charge in [-0.05, 0) is 36.8 Å². The summed E-state index contributed by atoms with van der Waals surface area (Å²) in [6.07, 6.45) is 0.639. The van der Waals surface area contributed by atoms with Crippen molar-refractivity contribution < 1.29 is 19.1 Å². The Morgan fingerprint density at radius 2 is 1.79 bits per heavy atom. The van der Waals surface area contributed by atoms with Gasteiger partial charge in [0.15, 0.2) is 0 Å². The summed E-state index contributed by atoms with van der Waals surface area (Å²) in [5.41, 5.74) is 2.42. The minimum absolute atomic E-state index is 0.363. The van der Waals surface area contributed by atoms with Crippen LogP contribution in [0.25, 0.3) is 0 Å². The molecular formula is C22H22N2O4. The highest BCUT2D eigenvalue weighted by molar-refractivity contribution is 5.98. The topological polar surface area (TPSA) is 69.6 Å². The molecule has 0 aliphatic rings. The van der Waals surface area contributed by atoms with Crippen LogP contribution in [0.2, 0.25) is 0 Å². The fraction of sp³-hybridized carbons (Fsp3) is 0.182. The lowest BCUT2D eigenvalue weighted by molar-refractivity contribution is -0.125. The molecular weight excluding hydrogens is 356 g/mol. The maximum absolute atomic E-state index is 13.0. The van der Waals surface area contributed by atoms with E-state index < -0.39 is 18.0 Å². The molecule has 3 aromatic rings. The second-order valence-electron chi connectivity index (χ2n) is 6.39. The van der Waals surface area contributed by atoms with Crippen LogP contribution < -0.4 is 10.1 Å². The summed E-state index contributed by atoms with van der Waals surface area (Å²) in [4.78, 5) is 25.6. The molecule has 0 aliphatic carbocycles. The summed E-state index contributed by atoms with van der Waals surface area (Å²) >= 11 is 0. The van der Waals surface area contributed by atoms with Gasteiger partial charge in [0.05, 0.1) is 12.8 Å². The number of amides is 1. The summed E-state index contributed by atoms with van der Waals surface area (Å²) in [6, 6.07) is 17.8. The van der Waals surface area contributed by atoms with Crippen molar-refractivity contribution in [2.24, 2.45) is 7.05 Å². The summed E-state index contributed by atoms with van der Waals surface area (Å²) in [7, 11) is 3.27. The van der Waals surface area contributed by atoms with Crippen molar-refractivity contribution in [3.63, 3.8) is 0 Å². The number of rotatable bonds is 6. The first-order valence-corrected chi connectivity index (χ1v) is 8.82. The van der Waals surface area contributed by atoms with E-state index in [0.29, 0.717) is 22.7 Å². The van der Waals surface area contributed by atoms with Gasteiger partial charge < -0.3 is 19.4 Å². The minimum atomic E-state index is -1.10. The van der Waals surface area contributed by atoms with E-state index in [1.54, 1.807) is 66.3 Å². The van der Waals surface area contributed by atoms with E-state index in [-0.39, 0.29) is 0 Å². The lowest BCUT2D eigenvalue weighted by Gasteiger charge is -2.19. The molecule has 0 radical (unpaired) electrons. The number of methoxy groups -OCH3 is 1. The summed E-state index contributed by atoms with van der Waals surface area (Å²) in [5, 5.41) is 2.82. The first-order chi connectivity index (χ1) is 13.5. The molecule has 0 fully saturated rings. The lowest BCUT2D eigenvalue weighted by Crippen LogP contribution is -2.26. The van der Waals surface area contributed by atoms with E-state index >= 15 is 0 Å². The standard InChI is InChI=1S/C22H22N2O4/c1-15-11-12-19(27-3)17(14-15)23-21(25)20(16-8-5-4-6-9-16)28-22(26)18-10-7-13-24(18)2/h4-14,20H,1-3H3,(H,23,25)/t20-/m1/s1. The van der Waals surface area contributed by atoms with E-state index in [9.17, 15) is 9.59 Å². The monoisotopic (exact) mass is 378 g/mol. The zero-order chi connectivity index (χ0) is 20.1. The van der Waals surface area contributed by atoms with E-state index in [4.69, 9.17) is 9.47 Å². The van der Waals surface area contributed by atoms with Crippen LogP contribution >= 0.6 is 0 Å². The summed E-state index contributed by atoms with van der Waals surface area (Å²) in [5.74, 6) is -0.509. The molecule has 1 amide bonds. The fourth-order valence-corrected chi connectivity index (χ4v) is 2.86. The molecule has 0 aliphatic heterocycles. The van der Waals surface area contributed by atoms with Crippen molar-refractivity contribution >= 4 is 17.6 Å². The Morgan fingerprint density at radius 1 is 1.04 bits per heavy atom. The number of aromatic nitrogens is 1. The van der Waals surface area contributed by atoms with Crippen LogP contribution in [0.3, 0.4) is 0 Å². The molecule has 1 heterocycles. The lowest BCUT2D eigenvalue weighted by atomic mass is 10.1. The van der Waals surface area contributed by atoms with Crippen molar-refractivity contribution in [1.29, 1.82) is 0 Å². The predicted octanol–water partition coefficient (Wildman–Crippen LogP) is 3.88. The Kier molecular flexibility index (Phi) is 5.79. The highest BCUT2D eigenvalue weighted by atomic mass is 16.5. The van der Waals surface area contributed by atoms with Crippen LogP contribution in [-0.2, 0) is 16.6 Å². The molecule has 1 atom stereocenters. The molecule has 144 valence electrons. The van der Waals surface area contributed by atoms with Gasteiger partial charge in [-0.3, -0.25) is 4.79 Å². The average Bonchev–Trinajstić information content (AvgIpc) is 3.13. The largest absolute Gasteiger partial charge is 0.495 e. The molecule has 2 aromatic carbocycles. The van der Waals surface area contributed by atoms with Crippen molar-refractivity contribution in [2.75, 3.05) is 12.4 Å². The van der Waals surface area contributed by atoms with Gasteiger partial charge in [0.25, 0.3) is 5.91 Å². The summed E-state index contributed by atoms with van der Waals surface area (Å²) in [6.45, 7) is 1.92. The minimum Gasteiger partial charge on any atom is -0.495 e. The van der Waals surface area contributed by atoms with Crippen molar-refractivity contribution in [2.45, 2.75) is 13.0 Å². The summed E-state index contributed by atoms with van der Waals surface area (Å²) < 4.78 is 12.5. The Labute approximate surface area is 163 Å². The Morgan fingerprint density at radius 3 is 2.43 bits per heavy atom. The molecule has 1 N–H and O–H groups in total. The third-order valence-corrected chi connectivity index (χ3v) is 4.33. The quantitative estimate of drug-likeness (QED) is 0.661. The van der Waals surface area contributed by atoms with Gasteiger partial charge in [-0.25, -0.2) is 4.79 Å². The van der Waals surface area contributed by atoms with Crippen molar-refractivity contribution in [3.05, 3.63) is 83.7 Å². The second-order valence-corrected chi connectivity index (χ2v) is 6.39. The maximum atomic E-state index is 13.0. The SMILES string of the molecule is COc1ccc(C)cc1NC(=O)[C@H](OC(=O)c1cccn1C)c1ccccc1. The second kappa shape index (κ2) is 8.43. The van der Waals surface area contributed by atoms with E-state index in [1.807, 2.05) is 19.1 Å².